The van der Waals surface area contributed by atoms with E-state index < -0.39 is 7.82 Å². The van der Waals surface area contributed by atoms with Gasteiger partial charge in [-0.25, -0.2) is 0 Å². The monoisotopic (exact) mass is 472 g/mol. The molecule has 2 rings (SSSR count). The van der Waals surface area contributed by atoms with Crippen LogP contribution in [-0.4, -0.2) is 28.4 Å². The van der Waals surface area contributed by atoms with Gasteiger partial charge in [-0.05, 0) is 51.3 Å². The Morgan fingerprint density at radius 3 is 1.89 bits per heavy atom. The molecule has 28 heavy (non-hydrogen) atoms. The Bertz CT molecular complexity index is 897. The van der Waals surface area contributed by atoms with Gasteiger partial charge in [0.05, 0.1) is 32.9 Å². The first-order valence-electron chi connectivity index (χ1n) is 7.80. The molecule has 10 heteroatoms. The first kappa shape index (κ1) is 22.1. The largest absolute Gasteiger partial charge is 0.780 e. The number of benzene rings is 2. The maximum Gasteiger partial charge on any atom is 0.203 e. The molecule has 0 amide bonds. The van der Waals surface area contributed by atoms with Crippen molar-refractivity contribution in [1.82, 2.24) is 0 Å². The van der Waals surface area contributed by atoms with Crippen LogP contribution in [0.25, 0.3) is 12.2 Å². The average Bonchev–Trinajstić information content (AvgIpc) is 2.66. The number of methoxy groups -OCH3 is 4. The van der Waals surface area contributed by atoms with E-state index in [2.05, 4.69) is 20.5 Å². The molecule has 8 nitrogen and oxygen atoms in total. The second kappa shape index (κ2) is 9.34. The van der Waals surface area contributed by atoms with Gasteiger partial charge in [-0.3, -0.25) is 0 Å². The summed E-state index contributed by atoms with van der Waals surface area (Å²) in [6, 6.07) is 6.65. The summed E-state index contributed by atoms with van der Waals surface area (Å²) in [5, 5.41) is 0. The standard InChI is InChI=1S/C18H20BrO8P/c1-23-13-8-7-12(16(19)18(13)27-28(20,21)22)6-5-11-9-14(24-2)17(26-4)15(10-11)25-3/h5-10H,1-4H3,(H2,20,21,22)/p-2/b6-5-. The maximum atomic E-state index is 11.0. The predicted octanol–water partition coefficient (Wildman–Crippen LogP) is 2.86. The van der Waals surface area contributed by atoms with Crippen molar-refractivity contribution in [3.63, 3.8) is 0 Å². The molecular formula is C18H18BrO8P-2. The summed E-state index contributed by atoms with van der Waals surface area (Å²) in [6.07, 6.45) is 3.44. The van der Waals surface area contributed by atoms with Crippen LogP contribution < -0.4 is 33.3 Å². The molecule has 0 aliphatic rings. The average molecular weight is 473 g/mol. The van der Waals surface area contributed by atoms with E-state index in [1.165, 1.54) is 34.5 Å². The van der Waals surface area contributed by atoms with Gasteiger partial charge < -0.3 is 37.8 Å². The maximum absolute atomic E-state index is 11.0. The molecule has 152 valence electrons. The smallest absolute Gasteiger partial charge is 0.203 e. The summed E-state index contributed by atoms with van der Waals surface area (Å²) in [7, 11) is 0.606. The highest BCUT2D eigenvalue weighted by atomic mass is 79.9. The van der Waals surface area contributed by atoms with Crippen molar-refractivity contribution in [3.05, 3.63) is 39.9 Å². The molecule has 0 heterocycles. The predicted molar refractivity (Wildman–Crippen MR) is 104 cm³/mol. The molecule has 0 fully saturated rings. The molecule has 0 saturated carbocycles. The normalized spacial score (nSPS) is 11.4. The van der Waals surface area contributed by atoms with Crippen molar-refractivity contribution < 1.29 is 37.8 Å². The van der Waals surface area contributed by atoms with Gasteiger partial charge in [-0.15, -0.1) is 0 Å². The lowest BCUT2D eigenvalue weighted by Crippen LogP contribution is -2.19. The van der Waals surface area contributed by atoms with Crippen LogP contribution in [0.3, 0.4) is 0 Å². The summed E-state index contributed by atoms with van der Waals surface area (Å²) < 4.78 is 36.8. The minimum atomic E-state index is -5.26. The highest BCUT2D eigenvalue weighted by Crippen LogP contribution is 2.44. The molecule has 0 spiro atoms. The number of hydrogen-bond acceptors (Lipinski definition) is 8. The number of phosphoric acid groups is 1. The van der Waals surface area contributed by atoms with Gasteiger partial charge >= 0.3 is 0 Å². The Hall–Kier alpha value is -2.19. The molecule has 0 aliphatic carbocycles. The number of hydrogen-bond donors (Lipinski definition) is 0. The van der Waals surface area contributed by atoms with Gasteiger partial charge in [-0.2, -0.15) is 0 Å². The fraction of sp³-hybridized carbons (Fsp3) is 0.222. The molecule has 0 unspecified atom stereocenters. The number of rotatable bonds is 8. The van der Waals surface area contributed by atoms with E-state index in [0.717, 1.165) is 5.56 Å². The van der Waals surface area contributed by atoms with Gasteiger partial charge in [0.2, 0.25) is 5.75 Å². The Morgan fingerprint density at radius 1 is 0.857 bits per heavy atom. The summed E-state index contributed by atoms with van der Waals surface area (Å²) in [5.41, 5.74) is 1.29. The Kier molecular flexibility index (Phi) is 7.37. The number of ether oxygens (including phenoxy) is 4. The molecule has 2 aromatic carbocycles. The highest BCUT2D eigenvalue weighted by molar-refractivity contribution is 9.10. The van der Waals surface area contributed by atoms with Crippen molar-refractivity contribution in [1.29, 1.82) is 0 Å². The van der Waals surface area contributed by atoms with Gasteiger partial charge in [0.15, 0.2) is 23.0 Å². The zero-order valence-corrected chi connectivity index (χ0v) is 18.0. The lowest BCUT2D eigenvalue weighted by atomic mass is 10.1. The van der Waals surface area contributed by atoms with Crippen LogP contribution in [0.2, 0.25) is 0 Å². The Morgan fingerprint density at radius 2 is 1.43 bits per heavy atom. The van der Waals surface area contributed by atoms with E-state index in [1.54, 1.807) is 30.4 Å². The summed E-state index contributed by atoms with van der Waals surface area (Å²) >= 11 is 3.25. The lowest BCUT2D eigenvalue weighted by Gasteiger charge is -2.30. The van der Waals surface area contributed by atoms with Crippen molar-refractivity contribution in [3.8, 4) is 28.7 Å². The van der Waals surface area contributed by atoms with E-state index in [9.17, 15) is 14.4 Å². The topological polar surface area (TPSA) is 109 Å². The van der Waals surface area contributed by atoms with E-state index in [0.29, 0.717) is 22.8 Å². The molecule has 0 aromatic heterocycles. The van der Waals surface area contributed by atoms with Gasteiger partial charge in [0.25, 0.3) is 0 Å². The first-order chi connectivity index (χ1) is 13.2. The van der Waals surface area contributed by atoms with E-state index in [-0.39, 0.29) is 16.0 Å². The van der Waals surface area contributed by atoms with Crippen LogP contribution in [0.1, 0.15) is 11.1 Å². The first-order valence-corrected chi connectivity index (χ1v) is 10.1. The molecule has 0 atom stereocenters. The quantitative estimate of drug-likeness (QED) is 0.426. The summed E-state index contributed by atoms with van der Waals surface area (Å²) in [5.74, 6) is 1.31. The minimum Gasteiger partial charge on any atom is -0.780 e. The number of phosphoric ester groups is 1. The molecular weight excluding hydrogens is 455 g/mol. The zero-order valence-electron chi connectivity index (χ0n) is 15.6. The molecule has 2 aromatic rings. The van der Waals surface area contributed by atoms with Gasteiger partial charge in [0, 0.05) is 0 Å². The van der Waals surface area contributed by atoms with Crippen LogP contribution in [-0.2, 0) is 4.57 Å². The second-order valence-corrected chi connectivity index (χ2v) is 7.20. The summed E-state index contributed by atoms with van der Waals surface area (Å²) in [6.45, 7) is 0. The molecule has 0 N–H and O–H groups in total. The Balaban J connectivity index is 2.47. The van der Waals surface area contributed by atoms with Crippen LogP contribution in [0.5, 0.6) is 28.7 Å². The highest BCUT2D eigenvalue weighted by Gasteiger charge is 2.15. The van der Waals surface area contributed by atoms with Crippen LogP contribution >= 0.6 is 23.8 Å². The van der Waals surface area contributed by atoms with E-state index >= 15 is 0 Å². The fourth-order valence-electron chi connectivity index (χ4n) is 2.42. The third kappa shape index (κ3) is 5.20. The van der Waals surface area contributed by atoms with Crippen molar-refractivity contribution >= 4 is 35.9 Å². The van der Waals surface area contributed by atoms with Crippen LogP contribution in [0.4, 0.5) is 0 Å². The third-order valence-electron chi connectivity index (χ3n) is 3.66. The van der Waals surface area contributed by atoms with Crippen molar-refractivity contribution in [2.45, 2.75) is 0 Å². The van der Waals surface area contributed by atoms with Crippen molar-refractivity contribution in [2.75, 3.05) is 28.4 Å². The van der Waals surface area contributed by atoms with Crippen molar-refractivity contribution in [2.24, 2.45) is 0 Å². The van der Waals surface area contributed by atoms with Gasteiger partial charge in [-0.1, -0.05) is 12.2 Å². The fourth-order valence-corrected chi connectivity index (χ4v) is 3.49. The molecule has 0 radical (unpaired) electrons. The minimum absolute atomic E-state index is 0.101. The molecule has 0 aliphatic heterocycles. The van der Waals surface area contributed by atoms with Crippen LogP contribution in [0, 0.1) is 0 Å². The number of halogens is 1. The molecule has 0 saturated heterocycles. The summed E-state index contributed by atoms with van der Waals surface area (Å²) in [4.78, 5) is 22.1. The second-order valence-electron chi connectivity index (χ2n) is 5.33. The van der Waals surface area contributed by atoms with E-state index in [1.807, 2.05) is 0 Å². The molecule has 0 bridgehead atoms. The zero-order chi connectivity index (χ0) is 20.9. The van der Waals surface area contributed by atoms with E-state index in [4.69, 9.17) is 18.9 Å². The lowest BCUT2D eigenvalue weighted by molar-refractivity contribution is -0.333. The van der Waals surface area contributed by atoms with Gasteiger partial charge in [0.1, 0.15) is 7.82 Å². The Labute approximate surface area is 171 Å². The third-order valence-corrected chi connectivity index (χ3v) is 4.88. The SMILES string of the molecule is COc1cc(/C=C\c2ccc(OC)c(OP(=O)([O-])[O-])c2Br)cc(OC)c1OC. The van der Waals surface area contributed by atoms with Crippen LogP contribution in [0.15, 0.2) is 28.7 Å².